The smallest absolute Gasteiger partial charge is 0.178 e. The number of rotatable bonds is 4. The molecule has 3 rings (SSSR count). The van der Waals surface area contributed by atoms with Gasteiger partial charge >= 0.3 is 0 Å². The van der Waals surface area contributed by atoms with E-state index in [2.05, 4.69) is 19.9 Å². The molecule has 0 spiro atoms. The highest BCUT2D eigenvalue weighted by Crippen LogP contribution is 2.11. The molecule has 0 saturated heterocycles. The molecule has 0 saturated carbocycles. The molecular weight excluding hydrogens is 264 g/mol. The van der Waals surface area contributed by atoms with E-state index in [4.69, 9.17) is 0 Å². The van der Waals surface area contributed by atoms with Gasteiger partial charge in [-0.15, -0.1) is 0 Å². The second-order valence-electron chi connectivity index (χ2n) is 4.47. The van der Waals surface area contributed by atoms with Crippen molar-refractivity contribution in [2.75, 3.05) is 0 Å². The van der Waals surface area contributed by atoms with Crippen LogP contribution in [0.5, 0.6) is 0 Å². The van der Waals surface area contributed by atoms with E-state index in [0.29, 0.717) is 17.1 Å². The van der Waals surface area contributed by atoms with Crippen LogP contribution in [-0.4, -0.2) is 25.7 Å². The fourth-order valence-electron chi connectivity index (χ4n) is 1.89. The zero-order valence-corrected chi connectivity index (χ0v) is 11.2. The molecule has 0 aliphatic carbocycles. The Morgan fingerprint density at radius 1 is 0.905 bits per heavy atom. The quantitative estimate of drug-likeness (QED) is 0.684. The maximum Gasteiger partial charge on any atom is 0.178 e. The summed E-state index contributed by atoms with van der Waals surface area (Å²) in [6, 6.07) is 9.05. The first-order chi connectivity index (χ1) is 10.3. The van der Waals surface area contributed by atoms with Crippen LogP contribution in [0.25, 0.3) is 11.5 Å². The minimum Gasteiger partial charge on any atom is -0.294 e. The van der Waals surface area contributed by atoms with Crippen molar-refractivity contribution in [3.05, 3.63) is 72.4 Å². The summed E-state index contributed by atoms with van der Waals surface area (Å²) in [5.74, 6) is 0.547. The Morgan fingerprint density at radius 2 is 1.76 bits per heavy atom. The van der Waals surface area contributed by atoms with E-state index < -0.39 is 0 Å². The monoisotopic (exact) mass is 276 g/mol. The average molecular weight is 276 g/mol. The van der Waals surface area contributed by atoms with Gasteiger partial charge in [-0.2, -0.15) is 0 Å². The zero-order chi connectivity index (χ0) is 14.5. The van der Waals surface area contributed by atoms with Crippen LogP contribution in [0.1, 0.15) is 15.9 Å². The molecule has 0 unspecified atom stereocenters. The summed E-state index contributed by atoms with van der Waals surface area (Å²) >= 11 is 0. The Hall–Kier alpha value is -2.95. The second-order valence-corrected chi connectivity index (χ2v) is 4.47. The first-order valence-corrected chi connectivity index (χ1v) is 6.48. The standard InChI is InChI=1S/C16H12N4O/c21-15(13-4-3-6-17-11-13)8-12-9-19-16(20-10-12)14-5-1-2-7-18-14/h1-7,9-11H,8H2. The normalized spacial score (nSPS) is 10.3. The lowest BCUT2D eigenvalue weighted by atomic mass is 10.1. The Morgan fingerprint density at radius 3 is 2.43 bits per heavy atom. The maximum absolute atomic E-state index is 12.1. The number of aromatic nitrogens is 4. The minimum absolute atomic E-state index is 0.00251. The average Bonchev–Trinajstić information content (AvgIpc) is 2.57. The lowest BCUT2D eigenvalue weighted by Gasteiger charge is -2.02. The lowest BCUT2D eigenvalue weighted by molar-refractivity contribution is 0.0992. The number of carbonyl (C=O) groups is 1. The molecule has 3 aromatic rings. The Bertz CT molecular complexity index is 727. The maximum atomic E-state index is 12.1. The molecule has 0 amide bonds. The van der Waals surface area contributed by atoms with Crippen molar-refractivity contribution in [1.82, 2.24) is 19.9 Å². The van der Waals surface area contributed by atoms with Gasteiger partial charge in [0.05, 0.1) is 0 Å². The fraction of sp³-hybridized carbons (Fsp3) is 0.0625. The summed E-state index contributed by atoms with van der Waals surface area (Å²) in [6.45, 7) is 0. The van der Waals surface area contributed by atoms with E-state index in [9.17, 15) is 4.79 Å². The number of carbonyl (C=O) groups excluding carboxylic acids is 1. The third-order valence-electron chi connectivity index (χ3n) is 2.95. The number of Topliss-reactive ketones (excluding diaryl/α,β-unsaturated/α-hetero) is 1. The number of ketones is 1. The lowest BCUT2D eigenvalue weighted by Crippen LogP contribution is -2.05. The molecule has 0 fully saturated rings. The van der Waals surface area contributed by atoms with E-state index in [-0.39, 0.29) is 12.2 Å². The summed E-state index contributed by atoms with van der Waals surface area (Å²) in [7, 11) is 0. The molecule has 0 aliphatic heterocycles. The summed E-state index contributed by atoms with van der Waals surface area (Å²) in [4.78, 5) is 28.7. The van der Waals surface area contributed by atoms with Gasteiger partial charge < -0.3 is 0 Å². The molecular formula is C16H12N4O. The highest BCUT2D eigenvalue weighted by atomic mass is 16.1. The van der Waals surface area contributed by atoms with Gasteiger partial charge in [0.1, 0.15) is 5.69 Å². The largest absolute Gasteiger partial charge is 0.294 e. The van der Waals surface area contributed by atoms with Crippen molar-refractivity contribution in [3.63, 3.8) is 0 Å². The van der Waals surface area contributed by atoms with Crippen LogP contribution in [0.2, 0.25) is 0 Å². The van der Waals surface area contributed by atoms with Gasteiger partial charge in [0, 0.05) is 43.0 Å². The van der Waals surface area contributed by atoms with Gasteiger partial charge in [-0.1, -0.05) is 6.07 Å². The predicted octanol–water partition coefficient (Wildman–Crippen LogP) is 2.36. The van der Waals surface area contributed by atoms with E-state index in [1.807, 2.05) is 18.2 Å². The number of hydrogen-bond acceptors (Lipinski definition) is 5. The molecule has 0 bridgehead atoms. The first kappa shape index (κ1) is 13.1. The third kappa shape index (κ3) is 3.14. The SMILES string of the molecule is O=C(Cc1cnc(-c2ccccn2)nc1)c1cccnc1. The summed E-state index contributed by atoms with van der Waals surface area (Å²) in [5.41, 5.74) is 2.07. The van der Waals surface area contributed by atoms with Crippen LogP contribution >= 0.6 is 0 Å². The van der Waals surface area contributed by atoms with Crippen LogP contribution < -0.4 is 0 Å². The number of pyridine rings is 2. The van der Waals surface area contributed by atoms with E-state index in [1.54, 1.807) is 43.1 Å². The van der Waals surface area contributed by atoms with Crippen molar-refractivity contribution in [2.24, 2.45) is 0 Å². The van der Waals surface area contributed by atoms with E-state index in [0.717, 1.165) is 5.56 Å². The minimum atomic E-state index is -0.00251. The second kappa shape index (κ2) is 6.00. The van der Waals surface area contributed by atoms with E-state index >= 15 is 0 Å². The molecule has 0 aliphatic rings. The van der Waals surface area contributed by atoms with Crippen molar-refractivity contribution >= 4 is 5.78 Å². The molecule has 0 aromatic carbocycles. The Balaban J connectivity index is 1.75. The van der Waals surface area contributed by atoms with Gasteiger partial charge in [0.2, 0.25) is 0 Å². The number of nitrogens with zero attached hydrogens (tertiary/aromatic N) is 4. The first-order valence-electron chi connectivity index (χ1n) is 6.48. The van der Waals surface area contributed by atoms with Crippen LogP contribution in [-0.2, 0) is 6.42 Å². The highest BCUT2D eigenvalue weighted by molar-refractivity contribution is 5.97. The van der Waals surface area contributed by atoms with Gasteiger partial charge in [0.15, 0.2) is 11.6 Å². The van der Waals surface area contributed by atoms with Crippen LogP contribution in [0.3, 0.4) is 0 Å². The third-order valence-corrected chi connectivity index (χ3v) is 2.95. The van der Waals surface area contributed by atoms with Crippen LogP contribution in [0.15, 0.2) is 61.3 Å². The van der Waals surface area contributed by atoms with Gasteiger partial charge in [0.25, 0.3) is 0 Å². The van der Waals surface area contributed by atoms with Gasteiger partial charge in [-0.25, -0.2) is 9.97 Å². The van der Waals surface area contributed by atoms with Crippen molar-refractivity contribution in [2.45, 2.75) is 6.42 Å². The Kier molecular flexibility index (Phi) is 3.73. The van der Waals surface area contributed by atoms with E-state index in [1.165, 1.54) is 0 Å². The molecule has 5 heteroatoms. The number of hydrogen-bond donors (Lipinski definition) is 0. The van der Waals surface area contributed by atoms with Gasteiger partial charge in [-0.05, 0) is 29.8 Å². The fourth-order valence-corrected chi connectivity index (χ4v) is 1.89. The zero-order valence-electron chi connectivity index (χ0n) is 11.2. The molecule has 0 atom stereocenters. The molecule has 102 valence electrons. The van der Waals surface area contributed by atoms with Crippen LogP contribution in [0, 0.1) is 0 Å². The molecule has 5 nitrogen and oxygen atoms in total. The van der Waals surface area contributed by atoms with Crippen LogP contribution in [0.4, 0.5) is 0 Å². The van der Waals surface area contributed by atoms with Crippen molar-refractivity contribution in [3.8, 4) is 11.5 Å². The molecule has 21 heavy (non-hydrogen) atoms. The van der Waals surface area contributed by atoms with Crippen molar-refractivity contribution < 1.29 is 4.79 Å². The Labute approximate surface area is 121 Å². The summed E-state index contributed by atoms with van der Waals surface area (Å²) in [6.07, 6.45) is 8.47. The topological polar surface area (TPSA) is 68.6 Å². The summed E-state index contributed by atoms with van der Waals surface area (Å²) < 4.78 is 0. The summed E-state index contributed by atoms with van der Waals surface area (Å²) in [5, 5.41) is 0. The van der Waals surface area contributed by atoms with Crippen molar-refractivity contribution in [1.29, 1.82) is 0 Å². The predicted molar refractivity (Wildman–Crippen MR) is 77.5 cm³/mol. The molecule has 0 radical (unpaired) electrons. The molecule has 3 heterocycles. The highest BCUT2D eigenvalue weighted by Gasteiger charge is 2.08. The molecule has 0 N–H and O–H groups in total. The molecule has 3 aromatic heterocycles. The van der Waals surface area contributed by atoms with Gasteiger partial charge in [-0.3, -0.25) is 14.8 Å².